The molecule has 9 nitrogen and oxygen atoms in total. The molecule has 1 rings (SSSR count). The van der Waals surface area contributed by atoms with Gasteiger partial charge in [0.1, 0.15) is 18.2 Å². The van der Waals surface area contributed by atoms with Crippen LogP contribution in [-0.4, -0.2) is 60.6 Å². The molecule has 9 heteroatoms. The molecule has 0 heterocycles. The van der Waals surface area contributed by atoms with E-state index in [1.807, 2.05) is 32.0 Å². The number of unbranched alkanes of at least 4 members (excludes halogenated alkanes) is 3. The minimum atomic E-state index is -0.920. The second kappa shape index (κ2) is 15.9. The fourth-order valence-electron chi connectivity index (χ4n) is 3.81. The van der Waals surface area contributed by atoms with Gasteiger partial charge < -0.3 is 25.0 Å². The number of esters is 1. The molecule has 0 radical (unpaired) electrons. The lowest BCUT2D eigenvalue weighted by Crippen LogP contribution is -2.48. The van der Waals surface area contributed by atoms with E-state index in [0.717, 1.165) is 30.4 Å². The summed E-state index contributed by atoms with van der Waals surface area (Å²) in [4.78, 5) is 52.5. The standard InChI is InChI=1S/C28H45N3O6/c1-8-10-11-12-18-31(23(32)19-30-27(35)37-28(5,6)7)25(22-15-13-14-20(3)21(22)4)26(34)29-17-16-24(33)36-9-2/h13-15,25H,8-12,16-19H2,1-7H3,(H,29,34)(H,30,35). The maximum absolute atomic E-state index is 13.5. The Morgan fingerprint density at radius 3 is 2.32 bits per heavy atom. The van der Waals surface area contributed by atoms with Gasteiger partial charge in [-0.1, -0.05) is 44.4 Å². The lowest BCUT2D eigenvalue weighted by Gasteiger charge is -2.33. The van der Waals surface area contributed by atoms with Gasteiger partial charge in [-0.25, -0.2) is 4.79 Å². The van der Waals surface area contributed by atoms with E-state index in [9.17, 15) is 19.2 Å². The minimum absolute atomic E-state index is 0.0315. The molecular weight excluding hydrogens is 474 g/mol. The van der Waals surface area contributed by atoms with Crippen molar-refractivity contribution in [2.24, 2.45) is 0 Å². The number of nitrogens with zero attached hydrogens (tertiary/aromatic N) is 1. The van der Waals surface area contributed by atoms with Crippen LogP contribution in [0.3, 0.4) is 0 Å². The van der Waals surface area contributed by atoms with Crippen molar-refractivity contribution >= 4 is 23.9 Å². The number of rotatable bonds is 14. The van der Waals surface area contributed by atoms with E-state index in [2.05, 4.69) is 17.6 Å². The van der Waals surface area contributed by atoms with Crippen LogP contribution in [0, 0.1) is 13.8 Å². The summed E-state index contributed by atoms with van der Waals surface area (Å²) in [6, 6.07) is 4.73. The van der Waals surface area contributed by atoms with Crippen molar-refractivity contribution in [3.05, 3.63) is 34.9 Å². The van der Waals surface area contributed by atoms with Crippen LogP contribution in [-0.2, 0) is 23.9 Å². The van der Waals surface area contributed by atoms with Crippen molar-refractivity contribution in [1.29, 1.82) is 0 Å². The van der Waals surface area contributed by atoms with Crippen LogP contribution >= 0.6 is 0 Å². The number of carbonyl (C=O) groups is 4. The third-order valence-electron chi connectivity index (χ3n) is 5.79. The maximum atomic E-state index is 13.5. The summed E-state index contributed by atoms with van der Waals surface area (Å²) in [6.45, 7) is 13.3. The Bertz CT molecular complexity index is 910. The zero-order chi connectivity index (χ0) is 28.0. The van der Waals surface area contributed by atoms with Crippen LogP contribution in [0.15, 0.2) is 18.2 Å². The molecule has 1 unspecified atom stereocenters. The molecule has 2 N–H and O–H groups in total. The normalized spacial score (nSPS) is 11.9. The first-order valence-electron chi connectivity index (χ1n) is 13.2. The monoisotopic (exact) mass is 519 g/mol. The van der Waals surface area contributed by atoms with Gasteiger partial charge >= 0.3 is 12.1 Å². The Balaban J connectivity index is 3.24. The van der Waals surface area contributed by atoms with Crippen LogP contribution < -0.4 is 10.6 Å². The van der Waals surface area contributed by atoms with Gasteiger partial charge in [0, 0.05) is 13.1 Å². The molecule has 0 bridgehead atoms. The molecule has 1 aromatic rings. The molecule has 0 spiro atoms. The van der Waals surface area contributed by atoms with Gasteiger partial charge in [-0.2, -0.15) is 0 Å². The van der Waals surface area contributed by atoms with Crippen LogP contribution in [0.2, 0.25) is 0 Å². The van der Waals surface area contributed by atoms with Gasteiger partial charge in [0.05, 0.1) is 13.0 Å². The first kappa shape index (κ1) is 31.9. The highest BCUT2D eigenvalue weighted by molar-refractivity contribution is 5.91. The lowest BCUT2D eigenvalue weighted by molar-refractivity contribution is -0.143. The van der Waals surface area contributed by atoms with Crippen molar-refractivity contribution in [2.45, 2.75) is 92.2 Å². The zero-order valence-corrected chi connectivity index (χ0v) is 23.6. The molecule has 0 aliphatic heterocycles. The molecule has 1 aromatic carbocycles. The predicted molar refractivity (Wildman–Crippen MR) is 143 cm³/mol. The van der Waals surface area contributed by atoms with Crippen molar-refractivity contribution in [2.75, 3.05) is 26.2 Å². The summed E-state index contributed by atoms with van der Waals surface area (Å²) in [5, 5.41) is 5.32. The topological polar surface area (TPSA) is 114 Å². The highest BCUT2D eigenvalue weighted by Gasteiger charge is 2.32. The predicted octanol–water partition coefficient (Wildman–Crippen LogP) is 4.35. The Labute approximate surface area is 221 Å². The quantitative estimate of drug-likeness (QED) is 0.279. The molecule has 0 aliphatic rings. The SMILES string of the molecule is CCCCCCN(C(=O)CNC(=O)OC(C)(C)C)C(C(=O)NCCC(=O)OCC)c1cccc(C)c1C. The fraction of sp³-hybridized carbons (Fsp3) is 0.643. The Hall–Kier alpha value is -3.10. The molecule has 0 saturated carbocycles. The highest BCUT2D eigenvalue weighted by Crippen LogP contribution is 2.27. The molecule has 0 aliphatic carbocycles. The van der Waals surface area contributed by atoms with E-state index >= 15 is 0 Å². The van der Waals surface area contributed by atoms with E-state index in [4.69, 9.17) is 9.47 Å². The summed E-state index contributed by atoms with van der Waals surface area (Å²) in [7, 11) is 0. The number of amides is 3. The smallest absolute Gasteiger partial charge is 0.408 e. The Morgan fingerprint density at radius 2 is 1.70 bits per heavy atom. The van der Waals surface area contributed by atoms with Crippen LogP contribution in [0.4, 0.5) is 4.79 Å². The second-order valence-corrected chi connectivity index (χ2v) is 10.0. The van der Waals surface area contributed by atoms with E-state index in [1.54, 1.807) is 27.7 Å². The lowest BCUT2D eigenvalue weighted by atomic mass is 9.95. The summed E-state index contributed by atoms with van der Waals surface area (Å²) >= 11 is 0. The van der Waals surface area contributed by atoms with Gasteiger partial charge in [-0.15, -0.1) is 0 Å². The van der Waals surface area contributed by atoms with Crippen molar-refractivity contribution < 1.29 is 28.7 Å². The summed E-state index contributed by atoms with van der Waals surface area (Å²) in [5.74, 6) is -1.19. The molecule has 0 fully saturated rings. The highest BCUT2D eigenvalue weighted by atomic mass is 16.6. The third-order valence-corrected chi connectivity index (χ3v) is 5.79. The van der Waals surface area contributed by atoms with Gasteiger partial charge in [-0.3, -0.25) is 14.4 Å². The van der Waals surface area contributed by atoms with Gasteiger partial charge in [-0.05, 0) is 64.7 Å². The first-order valence-corrected chi connectivity index (χ1v) is 13.2. The number of hydrogen-bond acceptors (Lipinski definition) is 6. The number of nitrogens with one attached hydrogen (secondary N) is 2. The zero-order valence-electron chi connectivity index (χ0n) is 23.6. The average molecular weight is 520 g/mol. The van der Waals surface area contributed by atoms with Gasteiger partial charge in [0.2, 0.25) is 11.8 Å². The molecular formula is C28H45N3O6. The van der Waals surface area contributed by atoms with Gasteiger partial charge in [0.15, 0.2) is 0 Å². The summed E-state index contributed by atoms with van der Waals surface area (Å²) < 4.78 is 10.2. The number of ether oxygens (including phenoxy) is 2. The Kier molecular flexibility index (Phi) is 13.7. The number of carbonyl (C=O) groups excluding carboxylic acids is 4. The van der Waals surface area contributed by atoms with Crippen molar-refractivity contribution in [1.82, 2.24) is 15.5 Å². The Morgan fingerprint density at radius 1 is 1.00 bits per heavy atom. The minimum Gasteiger partial charge on any atom is -0.466 e. The van der Waals surface area contributed by atoms with Crippen molar-refractivity contribution in [3.8, 4) is 0 Å². The molecule has 0 saturated heterocycles. The van der Waals surface area contributed by atoms with Crippen LogP contribution in [0.1, 0.15) is 89.5 Å². The molecule has 37 heavy (non-hydrogen) atoms. The van der Waals surface area contributed by atoms with E-state index in [1.165, 1.54) is 4.90 Å². The number of alkyl carbamates (subject to hydrolysis) is 1. The third kappa shape index (κ3) is 11.7. The molecule has 208 valence electrons. The maximum Gasteiger partial charge on any atom is 0.408 e. The average Bonchev–Trinajstić information content (AvgIpc) is 2.81. The second-order valence-electron chi connectivity index (χ2n) is 10.0. The summed E-state index contributed by atoms with van der Waals surface area (Å²) in [6.07, 6.45) is 2.99. The molecule has 0 aromatic heterocycles. The largest absolute Gasteiger partial charge is 0.466 e. The van der Waals surface area contributed by atoms with Crippen LogP contribution in [0.25, 0.3) is 0 Å². The fourth-order valence-corrected chi connectivity index (χ4v) is 3.81. The molecule has 3 amide bonds. The van der Waals surface area contributed by atoms with Crippen LogP contribution in [0.5, 0.6) is 0 Å². The van der Waals surface area contributed by atoms with E-state index in [0.29, 0.717) is 18.5 Å². The molecule has 1 atom stereocenters. The van der Waals surface area contributed by atoms with E-state index in [-0.39, 0.29) is 32.0 Å². The summed E-state index contributed by atoms with van der Waals surface area (Å²) in [5.41, 5.74) is 1.90. The van der Waals surface area contributed by atoms with Gasteiger partial charge in [0.25, 0.3) is 0 Å². The number of benzene rings is 1. The number of hydrogen-bond donors (Lipinski definition) is 2. The van der Waals surface area contributed by atoms with E-state index < -0.39 is 29.6 Å². The first-order chi connectivity index (χ1) is 17.4. The number of aryl methyl sites for hydroxylation is 1. The van der Waals surface area contributed by atoms with Crippen molar-refractivity contribution in [3.63, 3.8) is 0 Å².